The number of hydrogen-bond acceptors (Lipinski definition) is 1. The minimum Gasteiger partial charge on any atom is -0.290 e. The molecule has 1 atom stereocenters. The van der Waals surface area contributed by atoms with Crippen molar-refractivity contribution in [1.82, 2.24) is 4.90 Å². The zero-order valence-corrected chi connectivity index (χ0v) is 13.4. The first-order valence-corrected chi connectivity index (χ1v) is 9.04. The normalized spacial score (nSPS) is 24.8. The minimum absolute atomic E-state index is 0.472. The lowest BCUT2D eigenvalue weighted by Gasteiger charge is -2.25. The predicted octanol–water partition coefficient (Wildman–Crippen LogP) is 4.85. The second-order valence-corrected chi connectivity index (χ2v) is 6.82. The van der Waals surface area contributed by atoms with Crippen LogP contribution in [0.1, 0.15) is 70.6 Å². The van der Waals surface area contributed by atoms with Gasteiger partial charge in [-0.25, -0.2) is 0 Å². The van der Waals surface area contributed by atoms with Gasteiger partial charge in [0.15, 0.2) is 0 Å². The minimum atomic E-state index is 0.472. The van der Waals surface area contributed by atoms with E-state index in [4.69, 9.17) is 0 Å². The molecule has 21 heavy (non-hydrogen) atoms. The van der Waals surface area contributed by atoms with E-state index in [9.17, 15) is 0 Å². The van der Waals surface area contributed by atoms with Crippen molar-refractivity contribution in [2.45, 2.75) is 76.7 Å². The molecule has 0 aromatic carbocycles. The van der Waals surface area contributed by atoms with Gasteiger partial charge in [0.25, 0.3) is 0 Å². The average molecular weight is 283 g/mol. The van der Waals surface area contributed by atoms with E-state index in [2.05, 4.69) is 28.9 Å². The van der Waals surface area contributed by atoms with Gasteiger partial charge < -0.3 is 0 Å². The molecule has 0 radical (unpaired) electrons. The topological polar surface area (TPSA) is 3.24 Å². The Labute approximate surface area is 130 Å². The molecule has 1 heterocycles. The van der Waals surface area contributed by atoms with E-state index < -0.39 is 0 Å². The van der Waals surface area contributed by atoms with Gasteiger partial charge in [0, 0.05) is 0 Å². The molecule has 0 aromatic rings. The zero-order chi connectivity index (χ0) is 14.3. The summed E-state index contributed by atoms with van der Waals surface area (Å²) >= 11 is 0. The lowest BCUT2D eigenvalue weighted by molar-refractivity contribution is 0.288. The smallest absolute Gasteiger partial charge is 0.0755 e. The molecule has 0 aromatic heterocycles. The van der Waals surface area contributed by atoms with Crippen LogP contribution in [0.15, 0.2) is 23.3 Å². The van der Waals surface area contributed by atoms with E-state index in [1.54, 1.807) is 5.57 Å². The van der Waals surface area contributed by atoms with Crippen LogP contribution in [0.2, 0.25) is 0 Å². The molecule has 0 N–H and O–H groups in total. The van der Waals surface area contributed by atoms with E-state index in [0.717, 1.165) is 0 Å². The van der Waals surface area contributed by atoms with Crippen LogP contribution in [0.3, 0.4) is 0 Å². The standard InChI is InChI=1S/C20H29N/c1-3-9-18(10-4-1)13-14-20(21-15-7-8-16-21)17-19-11-5-2-6-12-19/h9,11,20H,1-8,10,12,15-17H2. The largest absolute Gasteiger partial charge is 0.290 e. The third-order valence-corrected chi connectivity index (χ3v) is 5.11. The summed E-state index contributed by atoms with van der Waals surface area (Å²) in [5.41, 5.74) is 3.08. The van der Waals surface area contributed by atoms with Crippen molar-refractivity contribution in [3.63, 3.8) is 0 Å². The molecule has 114 valence electrons. The summed E-state index contributed by atoms with van der Waals surface area (Å²) in [4.78, 5) is 2.63. The lowest BCUT2D eigenvalue weighted by atomic mass is 9.93. The van der Waals surface area contributed by atoms with Gasteiger partial charge in [0.2, 0.25) is 0 Å². The number of hydrogen-bond donors (Lipinski definition) is 0. The van der Waals surface area contributed by atoms with Crippen molar-refractivity contribution < 1.29 is 0 Å². The molecular formula is C20H29N. The SMILES string of the molecule is C(#CC(CC1=CCCCC1)N1CCCC1)C1=CCCCC1. The molecule has 0 amide bonds. The van der Waals surface area contributed by atoms with Crippen molar-refractivity contribution in [1.29, 1.82) is 0 Å². The Morgan fingerprint density at radius 1 is 0.905 bits per heavy atom. The van der Waals surface area contributed by atoms with E-state index in [0.29, 0.717) is 6.04 Å². The van der Waals surface area contributed by atoms with Gasteiger partial charge in [-0.2, -0.15) is 0 Å². The Hall–Kier alpha value is -1.00. The molecule has 0 saturated carbocycles. The molecular weight excluding hydrogens is 254 g/mol. The van der Waals surface area contributed by atoms with Crippen molar-refractivity contribution in [3.8, 4) is 11.8 Å². The zero-order valence-electron chi connectivity index (χ0n) is 13.4. The molecule has 1 fully saturated rings. The van der Waals surface area contributed by atoms with Crippen LogP contribution >= 0.6 is 0 Å². The first-order valence-electron chi connectivity index (χ1n) is 9.04. The van der Waals surface area contributed by atoms with Gasteiger partial charge in [0.05, 0.1) is 6.04 Å². The summed E-state index contributed by atoms with van der Waals surface area (Å²) < 4.78 is 0. The predicted molar refractivity (Wildman–Crippen MR) is 90.1 cm³/mol. The Bertz CT molecular complexity index is 454. The van der Waals surface area contributed by atoms with E-state index in [1.807, 2.05) is 0 Å². The second kappa shape index (κ2) is 7.85. The summed E-state index contributed by atoms with van der Waals surface area (Å²) in [6.45, 7) is 2.51. The van der Waals surface area contributed by atoms with Gasteiger partial charge in [0.1, 0.15) is 0 Å². The molecule has 3 rings (SSSR count). The molecule has 0 spiro atoms. The van der Waals surface area contributed by atoms with Crippen LogP contribution in [-0.2, 0) is 0 Å². The van der Waals surface area contributed by atoms with Crippen LogP contribution in [-0.4, -0.2) is 24.0 Å². The molecule has 1 unspecified atom stereocenters. The van der Waals surface area contributed by atoms with Gasteiger partial charge in [-0.1, -0.05) is 29.6 Å². The quantitative estimate of drug-likeness (QED) is 0.529. The number of rotatable bonds is 3. The van der Waals surface area contributed by atoms with E-state index in [1.165, 1.54) is 89.3 Å². The molecule has 0 bridgehead atoms. The Morgan fingerprint density at radius 2 is 1.67 bits per heavy atom. The van der Waals surface area contributed by atoms with Crippen molar-refractivity contribution in [2.24, 2.45) is 0 Å². The Morgan fingerprint density at radius 3 is 2.33 bits per heavy atom. The molecule has 1 heteroatoms. The lowest BCUT2D eigenvalue weighted by Crippen LogP contribution is -2.32. The highest BCUT2D eigenvalue weighted by Gasteiger charge is 2.21. The average Bonchev–Trinajstić information content (AvgIpc) is 3.08. The highest BCUT2D eigenvalue weighted by molar-refractivity contribution is 5.32. The maximum absolute atomic E-state index is 3.65. The molecule has 1 nitrogen and oxygen atoms in total. The summed E-state index contributed by atoms with van der Waals surface area (Å²) in [6.07, 6.45) is 19.3. The van der Waals surface area contributed by atoms with Gasteiger partial charge in [-0.3, -0.25) is 4.90 Å². The fourth-order valence-electron chi connectivity index (χ4n) is 3.79. The monoisotopic (exact) mass is 283 g/mol. The second-order valence-electron chi connectivity index (χ2n) is 6.82. The summed E-state index contributed by atoms with van der Waals surface area (Å²) in [7, 11) is 0. The number of allylic oxidation sites excluding steroid dienone is 3. The Kier molecular flexibility index (Phi) is 5.58. The molecule has 1 saturated heterocycles. The van der Waals surface area contributed by atoms with Crippen LogP contribution < -0.4 is 0 Å². The van der Waals surface area contributed by atoms with Crippen LogP contribution in [0.4, 0.5) is 0 Å². The summed E-state index contributed by atoms with van der Waals surface area (Å²) in [5.74, 6) is 7.18. The molecule has 1 aliphatic heterocycles. The molecule has 3 aliphatic rings. The summed E-state index contributed by atoms with van der Waals surface area (Å²) in [5, 5.41) is 0. The van der Waals surface area contributed by atoms with Gasteiger partial charge >= 0.3 is 0 Å². The van der Waals surface area contributed by atoms with E-state index in [-0.39, 0.29) is 0 Å². The summed E-state index contributed by atoms with van der Waals surface area (Å²) in [6, 6.07) is 0.472. The van der Waals surface area contributed by atoms with Crippen LogP contribution in [0.25, 0.3) is 0 Å². The third-order valence-electron chi connectivity index (χ3n) is 5.11. The highest BCUT2D eigenvalue weighted by atomic mass is 15.2. The van der Waals surface area contributed by atoms with Gasteiger partial charge in [-0.05, 0) is 89.3 Å². The fraction of sp³-hybridized carbons (Fsp3) is 0.700. The number of likely N-dealkylation sites (tertiary alicyclic amines) is 1. The van der Waals surface area contributed by atoms with E-state index >= 15 is 0 Å². The third kappa shape index (κ3) is 4.48. The fourth-order valence-corrected chi connectivity index (χ4v) is 3.79. The van der Waals surface area contributed by atoms with Crippen molar-refractivity contribution in [2.75, 3.05) is 13.1 Å². The van der Waals surface area contributed by atoms with Gasteiger partial charge in [-0.15, -0.1) is 0 Å². The maximum Gasteiger partial charge on any atom is 0.0755 e. The Balaban J connectivity index is 1.67. The first kappa shape index (κ1) is 14.9. The molecule has 2 aliphatic carbocycles. The number of nitrogens with zero attached hydrogens (tertiary/aromatic N) is 1. The highest BCUT2D eigenvalue weighted by Crippen LogP contribution is 2.25. The maximum atomic E-state index is 3.65. The van der Waals surface area contributed by atoms with Crippen LogP contribution in [0, 0.1) is 11.8 Å². The first-order chi connectivity index (χ1) is 10.4. The van der Waals surface area contributed by atoms with Crippen LogP contribution in [0.5, 0.6) is 0 Å². The van der Waals surface area contributed by atoms with Crippen molar-refractivity contribution in [3.05, 3.63) is 23.3 Å². The van der Waals surface area contributed by atoms with Crippen molar-refractivity contribution >= 4 is 0 Å².